The van der Waals surface area contributed by atoms with E-state index in [0.717, 1.165) is 0 Å². The average Bonchev–Trinajstić information content (AvgIpc) is 2.68. The van der Waals surface area contributed by atoms with Crippen molar-refractivity contribution in [3.63, 3.8) is 0 Å². The molecule has 0 saturated heterocycles. The van der Waals surface area contributed by atoms with E-state index >= 15 is 0 Å². The van der Waals surface area contributed by atoms with Crippen molar-refractivity contribution in [1.82, 2.24) is 4.90 Å². The fraction of sp³-hybridized carbons (Fsp3) is 0.364. The van der Waals surface area contributed by atoms with Gasteiger partial charge >= 0.3 is 5.97 Å². The van der Waals surface area contributed by atoms with Crippen molar-refractivity contribution >= 4 is 17.3 Å². The highest BCUT2D eigenvalue weighted by molar-refractivity contribution is 7.10. The summed E-state index contributed by atoms with van der Waals surface area (Å²) in [5, 5.41) is 10.5. The van der Waals surface area contributed by atoms with Crippen LogP contribution in [0, 0.1) is 0 Å². The number of carboxylic acids is 1. The minimum absolute atomic E-state index is 0.323. The highest BCUT2D eigenvalue weighted by atomic mass is 32.1. The molecule has 15 heavy (non-hydrogen) atoms. The molecule has 1 heterocycles. The molecule has 0 spiro atoms. The number of thiophene rings is 1. The second-order valence-corrected chi connectivity index (χ2v) is 4.35. The molecule has 0 aliphatic rings. The lowest BCUT2D eigenvalue weighted by Gasteiger charge is -2.21. The summed E-state index contributed by atoms with van der Waals surface area (Å²) in [5.41, 5.74) is 0. The molecule has 0 saturated carbocycles. The standard InChI is InChI=1S/C11H15NO2S/c1-9(10-5-4-8-15-10)12(2)7-3-6-11(13)14/h3-6,8-9H,7H2,1-2H3,(H,13,14). The Morgan fingerprint density at radius 2 is 2.47 bits per heavy atom. The fourth-order valence-electron chi connectivity index (χ4n) is 1.22. The molecule has 0 aliphatic carbocycles. The molecular weight excluding hydrogens is 210 g/mol. The van der Waals surface area contributed by atoms with E-state index in [1.807, 2.05) is 18.5 Å². The van der Waals surface area contributed by atoms with Crippen LogP contribution in [0.15, 0.2) is 29.7 Å². The predicted octanol–water partition coefficient (Wildman–Crippen LogP) is 2.38. The molecule has 0 aliphatic heterocycles. The topological polar surface area (TPSA) is 40.5 Å². The van der Waals surface area contributed by atoms with Crippen molar-refractivity contribution < 1.29 is 9.90 Å². The zero-order chi connectivity index (χ0) is 11.3. The Kier molecular flexibility index (Phi) is 4.52. The van der Waals surface area contributed by atoms with Crippen LogP contribution < -0.4 is 0 Å². The number of likely N-dealkylation sites (N-methyl/N-ethyl adjacent to an activating group) is 1. The third-order valence-electron chi connectivity index (χ3n) is 2.27. The molecule has 1 aromatic rings. The van der Waals surface area contributed by atoms with Gasteiger partial charge in [-0.05, 0) is 25.4 Å². The van der Waals surface area contributed by atoms with E-state index < -0.39 is 5.97 Å². The Hall–Kier alpha value is -1.13. The molecule has 0 amide bonds. The minimum atomic E-state index is -0.896. The molecule has 1 unspecified atom stereocenters. The maximum absolute atomic E-state index is 10.3. The van der Waals surface area contributed by atoms with Crippen molar-refractivity contribution in [2.45, 2.75) is 13.0 Å². The first kappa shape index (κ1) is 11.9. The zero-order valence-electron chi connectivity index (χ0n) is 8.88. The van der Waals surface area contributed by atoms with Crippen LogP contribution in [0.1, 0.15) is 17.8 Å². The minimum Gasteiger partial charge on any atom is -0.478 e. The number of carboxylic acid groups (broad SMARTS) is 1. The van der Waals surface area contributed by atoms with Crippen molar-refractivity contribution in [1.29, 1.82) is 0 Å². The Morgan fingerprint density at radius 1 is 1.73 bits per heavy atom. The first-order valence-corrected chi connectivity index (χ1v) is 5.62. The van der Waals surface area contributed by atoms with Crippen LogP contribution in [0.5, 0.6) is 0 Å². The fourth-order valence-corrected chi connectivity index (χ4v) is 2.07. The number of rotatable bonds is 5. The number of carbonyl (C=O) groups is 1. The Morgan fingerprint density at radius 3 is 3.00 bits per heavy atom. The third kappa shape index (κ3) is 3.85. The lowest BCUT2D eigenvalue weighted by molar-refractivity contribution is -0.131. The van der Waals surface area contributed by atoms with Gasteiger partial charge in [0.05, 0.1) is 0 Å². The monoisotopic (exact) mass is 225 g/mol. The molecule has 3 nitrogen and oxygen atoms in total. The van der Waals surface area contributed by atoms with Crippen molar-refractivity contribution in [3.05, 3.63) is 34.5 Å². The van der Waals surface area contributed by atoms with E-state index in [1.165, 1.54) is 11.0 Å². The summed E-state index contributed by atoms with van der Waals surface area (Å²) in [5.74, 6) is -0.896. The van der Waals surface area contributed by atoms with E-state index in [-0.39, 0.29) is 0 Å². The van der Waals surface area contributed by atoms with Crippen LogP contribution in [0.4, 0.5) is 0 Å². The lowest BCUT2D eigenvalue weighted by atomic mass is 10.2. The maximum atomic E-state index is 10.3. The van der Waals surface area contributed by atoms with Gasteiger partial charge in [0.25, 0.3) is 0 Å². The van der Waals surface area contributed by atoms with Gasteiger partial charge in [-0.2, -0.15) is 0 Å². The van der Waals surface area contributed by atoms with Gasteiger partial charge in [-0.15, -0.1) is 11.3 Å². The van der Waals surface area contributed by atoms with Crippen molar-refractivity contribution in [2.75, 3.05) is 13.6 Å². The Labute approximate surface area is 93.7 Å². The average molecular weight is 225 g/mol. The maximum Gasteiger partial charge on any atom is 0.328 e. The van der Waals surface area contributed by atoms with Gasteiger partial charge in [0.2, 0.25) is 0 Å². The Bertz CT molecular complexity index is 332. The molecule has 1 rings (SSSR count). The Balaban J connectivity index is 2.47. The molecule has 4 heteroatoms. The van der Waals surface area contributed by atoms with E-state index in [0.29, 0.717) is 12.6 Å². The second-order valence-electron chi connectivity index (χ2n) is 3.37. The lowest BCUT2D eigenvalue weighted by Crippen LogP contribution is -2.21. The van der Waals surface area contributed by atoms with Crippen LogP contribution in [-0.4, -0.2) is 29.6 Å². The summed E-state index contributed by atoms with van der Waals surface area (Å²) in [6, 6.07) is 4.44. The zero-order valence-corrected chi connectivity index (χ0v) is 9.70. The first-order valence-electron chi connectivity index (χ1n) is 4.74. The van der Waals surface area contributed by atoms with Crippen LogP contribution in [0.2, 0.25) is 0 Å². The summed E-state index contributed by atoms with van der Waals surface area (Å²) in [6.07, 6.45) is 2.84. The first-order chi connectivity index (χ1) is 7.11. The van der Waals surface area contributed by atoms with Crippen LogP contribution in [0.3, 0.4) is 0 Å². The van der Waals surface area contributed by atoms with E-state index in [9.17, 15) is 4.79 Å². The summed E-state index contributed by atoms with van der Waals surface area (Å²) in [4.78, 5) is 13.7. The molecule has 0 radical (unpaired) electrons. The van der Waals surface area contributed by atoms with E-state index in [1.54, 1.807) is 17.4 Å². The molecule has 0 aromatic carbocycles. The van der Waals surface area contributed by atoms with Crippen LogP contribution in [0.25, 0.3) is 0 Å². The molecule has 1 N–H and O–H groups in total. The molecular formula is C11H15NO2S. The normalized spacial score (nSPS) is 13.5. The molecule has 82 valence electrons. The summed E-state index contributed by atoms with van der Waals surface area (Å²) >= 11 is 1.72. The van der Waals surface area contributed by atoms with Crippen molar-refractivity contribution in [3.8, 4) is 0 Å². The molecule has 1 atom stereocenters. The van der Waals surface area contributed by atoms with Gasteiger partial charge in [-0.25, -0.2) is 4.79 Å². The summed E-state index contributed by atoms with van der Waals surface area (Å²) in [6.45, 7) is 2.76. The highest BCUT2D eigenvalue weighted by Gasteiger charge is 2.10. The molecule has 0 fully saturated rings. The van der Waals surface area contributed by atoms with E-state index in [4.69, 9.17) is 5.11 Å². The summed E-state index contributed by atoms with van der Waals surface area (Å²) in [7, 11) is 1.98. The van der Waals surface area contributed by atoms with Gasteiger partial charge < -0.3 is 5.11 Å². The van der Waals surface area contributed by atoms with Gasteiger partial charge in [0.15, 0.2) is 0 Å². The molecule has 1 aromatic heterocycles. The van der Waals surface area contributed by atoms with Gasteiger partial charge in [-0.1, -0.05) is 12.1 Å². The van der Waals surface area contributed by atoms with Gasteiger partial charge in [0.1, 0.15) is 0 Å². The number of hydrogen-bond acceptors (Lipinski definition) is 3. The number of nitrogens with zero attached hydrogens (tertiary/aromatic N) is 1. The summed E-state index contributed by atoms with van der Waals surface area (Å²) < 4.78 is 0. The number of aliphatic carboxylic acids is 1. The smallest absolute Gasteiger partial charge is 0.328 e. The number of hydrogen-bond donors (Lipinski definition) is 1. The van der Waals surface area contributed by atoms with Crippen LogP contribution in [-0.2, 0) is 4.79 Å². The highest BCUT2D eigenvalue weighted by Crippen LogP contribution is 2.22. The second kappa shape index (κ2) is 5.68. The van der Waals surface area contributed by atoms with Gasteiger partial charge in [0, 0.05) is 23.5 Å². The SMILES string of the molecule is CC(c1cccs1)N(C)CC=CC(=O)O. The largest absolute Gasteiger partial charge is 0.478 e. The van der Waals surface area contributed by atoms with Gasteiger partial charge in [-0.3, -0.25) is 4.90 Å². The molecule has 0 bridgehead atoms. The quantitative estimate of drug-likeness (QED) is 0.782. The third-order valence-corrected chi connectivity index (χ3v) is 3.31. The van der Waals surface area contributed by atoms with E-state index in [2.05, 4.69) is 17.9 Å². The predicted molar refractivity (Wildman–Crippen MR) is 62.1 cm³/mol. The van der Waals surface area contributed by atoms with Crippen LogP contribution >= 0.6 is 11.3 Å². The van der Waals surface area contributed by atoms with Crippen molar-refractivity contribution in [2.24, 2.45) is 0 Å².